The van der Waals surface area contributed by atoms with Gasteiger partial charge in [0.25, 0.3) is 0 Å². The maximum absolute atomic E-state index is 13.1. The van der Waals surface area contributed by atoms with E-state index in [1.165, 1.54) is 77.0 Å². The highest BCUT2D eigenvalue weighted by Gasteiger charge is 2.38. The zero-order valence-electron chi connectivity index (χ0n) is 18.8. The number of hydrogen-bond acceptors (Lipinski definition) is 5. The molecule has 0 spiro atoms. The molecule has 2 atom stereocenters. The van der Waals surface area contributed by atoms with E-state index >= 15 is 0 Å². The number of esters is 1. The lowest BCUT2D eigenvalue weighted by molar-refractivity contribution is -0.158. The molecule has 5 heteroatoms. The Hall–Kier alpha value is -0.650. The van der Waals surface area contributed by atoms with Gasteiger partial charge in [-0.1, -0.05) is 51.9 Å². The van der Waals surface area contributed by atoms with Crippen LogP contribution in [0.25, 0.3) is 0 Å². The highest BCUT2D eigenvalue weighted by atomic mass is 16.7. The number of carbonyl (C=O) groups is 1. The topological polar surface area (TPSA) is 48.0 Å². The average Bonchev–Trinajstić information content (AvgIpc) is 3.20. The van der Waals surface area contributed by atoms with Crippen molar-refractivity contribution < 1.29 is 19.0 Å². The molecule has 0 amide bonds. The molecule has 0 aromatic heterocycles. The fourth-order valence-corrected chi connectivity index (χ4v) is 5.49. The summed E-state index contributed by atoms with van der Waals surface area (Å²) in [6.45, 7) is 4.90. The number of nitrogens with zero attached hydrogens (tertiary/aromatic N) is 1. The van der Waals surface area contributed by atoms with Crippen molar-refractivity contribution >= 4 is 5.97 Å². The Bertz CT molecular complexity index is 456. The number of ether oxygens (including phenoxy) is 3. The Balaban J connectivity index is 1.45. The van der Waals surface area contributed by atoms with Crippen molar-refractivity contribution in [3.63, 3.8) is 0 Å². The highest BCUT2D eigenvalue weighted by molar-refractivity contribution is 5.73. The van der Waals surface area contributed by atoms with Crippen molar-refractivity contribution in [2.75, 3.05) is 33.4 Å². The van der Waals surface area contributed by atoms with Crippen molar-refractivity contribution in [1.29, 1.82) is 0 Å². The molecule has 0 aromatic rings. The van der Waals surface area contributed by atoms with E-state index < -0.39 is 0 Å². The van der Waals surface area contributed by atoms with Crippen LogP contribution in [0.1, 0.15) is 84.0 Å². The standard InChI is InChI=1S/C24H43NO4/c1-3-4-15-25(2)16-22-27-17-21(29-22)18-28-24(26)23(19-11-7-5-8-12-19)20-13-9-6-10-14-20/h19-23H,3-18H2,1-2H3. The molecule has 29 heavy (non-hydrogen) atoms. The van der Waals surface area contributed by atoms with Gasteiger partial charge in [0.05, 0.1) is 12.5 Å². The van der Waals surface area contributed by atoms with Crippen LogP contribution in [-0.2, 0) is 19.0 Å². The smallest absolute Gasteiger partial charge is 0.309 e. The molecule has 2 aliphatic carbocycles. The average molecular weight is 410 g/mol. The number of unbranched alkanes of at least 4 members (excludes halogenated alkanes) is 1. The van der Waals surface area contributed by atoms with Crippen molar-refractivity contribution in [2.45, 2.75) is 96.4 Å². The first-order valence-electron chi connectivity index (χ1n) is 12.3. The van der Waals surface area contributed by atoms with E-state index in [9.17, 15) is 4.79 Å². The minimum absolute atomic E-state index is 0.0379. The van der Waals surface area contributed by atoms with Gasteiger partial charge in [0, 0.05) is 6.54 Å². The maximum Gasteiger partial charge on any atom is 0.309 e. The summed E-state index contributed by atoms with van der Waals surface area (Å²) in [4.78, 5) is 15.4. The van der Waals surface area contributed by atoms with Crippen LogP contribution in [0.4, 0.5) is 0 Å². The zero-order chi connectivity index (χ0) is 20.5. The normalized spacial score (nSPS) is 27.0. The van der Waals surface area contributed by atoms with Crippen LogP contribution in [-0.4, -0.2) is 56.6 Å². The minimum Gasteiger partial charge on any atom is -0.463 e. The van der Waals surface area contributed by atoms with Gasteiger partial charge in [0.1, 0.15) is 12.7 Å². The van der Waals surface area contributed by atoms with E-state index in [1.807, 2.05) is 0 Å². The van der Waals surface area contributed by atoms with Gasteiger partial charge in [-0.05, 0) is 57.5 Å². The molecule has 5 nitrogen and oxygen atoms in total. The molecule has 0 aromatic carbocycles. The third kappa shape index (κ3) is 7.22. The van der Waals surface area contributed by atoms with Crippen LogP contribution in [0.15, 0.2) is 0 Å². The van der Waals surface area contributed by atoms with E-state index in [0.29, 0.717) is 25.0 Å². The fraction of sp³-hybridized carbons (Fsp3) is 0.958. The van der Waals surface area contributed by atoms with Gasteiger partial charge in [-0.3, -0.25) is 4.79 Å². The number of hydrogen-bond donors (Lipinski definition) is 0. The lowest BCUT2D eigenvalue weighted by Crippen LogP contribution is -2.36. The molecule has 3 rings (SSSR count). The number of rotatable bonds is 10. The van der Waals surface area contributed by atoms with Gasteiger partial charge < -0.3 is 19.1 Å². The maximum atomic E-state index is 13.1. The summed E-state index contributed by atoms with van der Waals surface area (Å²) < 4.78 is 17.6. The molecular formula is C24H43NO4. The molecule has 1 heterocycles. The molecule has 1 aliphatic heterocycles. The van der Waals surface area contributed by atoms with Crippen LogP contribution in [0, 0.1) is 17.8 Å². The molecule has 3 fully saturated rings. The van der Waals surface area contributed by atoms with Crippen molar-refractivity contribution in [1.82, 2.24) is 4.90 Å². The van der Waals surface area contributed by atoms with Crippen molar-refractivity contribution in [2.24, 2.45) is 17.8 Å². The van der Waals surface area contributed by atoms with Crippen LogP contribution in [0.3, 0.4) is 0 Å². The summed E-state index contributed by atoms with van der Waals surface area (Å²) in [5.41, 5.74) is 0. The highest BCUT2D eigenvalue weighted by Crippen LogP contribution is 2.40. The lowest BCUT2D eigenvalue weighted by Gasteiger charge is -2.36. The molecular weight excluding hydrogens is 366 g/mol. The third-order valence-corrected chi connectivity index (χ3v) is 7.17. The predicted octanol–water partition coefficient (Wildman–Crippen LogP) is 4.78. The Morgan fingerprint density at radius 1 is 1.03 bits per heavy atom. The van der Waals surface area contributed by atoms with E-state index in [1.54, 1.807) is 0 Å². The molecule has 2 saturated carbocycles. The van der Waals surface area contributed by atoms with E-state index in [0.717, 1.165) is 13.1 Å². The number of likely N-dealkylation sites (N-methyl/N-ethyl adjacent to an activating group) is 1. The SMILES string of the molecule is CCCCN(C)CC1OCC(COC(=O)C(C2CCCCC2)C2CCCCC2)O1. The van der Waals surface area contributed by atoms with Gasteiger partial charge >= 0.3 is 5.97 Å². The first kappa shape index (κ1) is 23.0. The zero-order valence-corrected chi connectivity index (χ0v) is 18.8. The molecule has 0 bridgehead atoms. The second-order valence-corrected chi connectivity index (χ2v) is 9.59. The molecule has 168 valence electrons. The summed E-state index contributed by atoms with van der Waals surface area (Å²) in [6.07, 6.45) is 14.6. The molecule has 0 N–H and O–H groups in total. The largest absolute Gasteiger partial charge is 0.463 e. The van der Waals surface area contributed by atoms with Crippen LogP contribution < -0.4 is 0 Å². The summed E-state index contributed by atoms with van der Waals surface area (Å²) in [5.74, 6) is 1.20. The van der Waals surface area contributed by atoms with E-state index in [2.05, 4.69) is 18.9 Å². The Morgan fingerprint density at radius 3 is 2.24 bits per heavy atom. The third-order valence-electron chi connectivity index (χ3n) is 7.17. The van der Waals surface area contributed by atoms with Crippen LogP contribution in [0.5, 0.6) is 0 Å². The summed E-state index contributed by atoms with van der Waals surface area (Å²) >= 11 is 0. The van der Waals surface area contributed by atoms with Crippen molar-refractivity contribution in [3.8, 4) is 0 Å². The Morgan fingerprint density at radius 2 is 1.66 bits per heavy atom. The molecule has 0 radical (unpaired) electrons. The van der Waals surface area contributed by atoms with Crippen LogP contribution >= 0.6 is 0 Å². The summed E-state index contributed by atoms with van der Waals surface area (Å²) in [6, 6.07) is 0. The van der Waals surface area contributed by atoms with Gasteiger partial charge in [-0.2, -0.15) is 0 Å². The molecule has 3 aliphatic rings. The molecule has 2 unspecified atom stereocenters. The van der Waals surface area contributed by atoms with E-state index in [-0.39, 0.29) is 24.3 Å². The first-order valence-corrected chi connectivity index (χ1v) is 12.3. The Kier molecular flexibility index (Phi) is 9.74. The molecule has 1 saturated heterocycles. The van der Waals surface area contributed by atoms with E-state index in [4.69, 9.17) is 14.2 Å². The van der Waals surface area contributed by atoms with Gasteiger partial charge in [-0.15, -0.1) is 0 Å². The first-order chi connectivity index (χ1) is 14.2. The minimum atomic E-state index is -0.201. The predicted molar refractivity (Wildman–Crippen MR) is 115 cm³/mol. The summed E-state index contributed by atoms with van der Waals surface area (Å²) in [5, 5.41) is 0. The summed E-state index contributed by atoms with van der Waals surface area (Å²) in [7, 11) is 2.11. The van der Waals surface area contributed by atoms with Gasteiger partial charge in [0.15, 0.2) is 6.29 Å². The second-order valence-electron chi connectivity index (χ2n) is 9.59. The second kappa shape index (κ2) is 12.3. The number of carbonyl (C=O) groups excluding carboxylic acids is 1. The van der Waals surface area contributed by atoms with Crippen molar-refractivity contribution in [3.05, 3.63) is 0 Å². The lowest BCUT2D eigenvalue weighted by atomic mass is 9.69. The quantitative estimate of drug-likeness (QED) is 0.486. The fourth-order valence-electron chi connectivity index (χ4n) is 5.49. The van der Waals surface area contributed by atoms with Gasteiger partial charge in [0.2, 0.25) is 0 Å². The van der Waals surface area contributed by atoms with Gasteiger partial charge in [-0.25, -0.2) is 0 Å². The monoisotopic (exact) mass is 409 g/mol. The van der Waals surface area contributed by atoms with Crippen LogP contribution in [0.2, 0.25) is 0 Å². The Labute approximate surface area is 177 Å².